The van der Waals surface area contributed by atoms with E-state index < -0.39 is 10.0 Å². The summed E-state index contributed by atoms with van der Waals surface area (Å²) in [5, 5.41) is 3.27. The number of nitrogens with zero attached hydrogens (tertiary/aromatic N) is 1. The van der Waals surface area contributed by atoms with Crippen molar-refractivity contribution in [1.82, 2.24) is 14.9 Å². The molecule has 2 fully saturated rings. The van der Waals surface area contributed by atoms with Gasteiger partial charge in [-0.15, -0.1) is 0 Å². The summed E-state index contributed by atoms with van der Waals surface area (Å²) in [7, 11) is -3.22. The molecule has 2 heterocycles. The van der Waals surface area contributed by atoms with Crippen LogP contribution in [0.15, 0.2) is 0 Å². The second-order valence-electron chi connectivity index (χ2n) is 5.66. The fourth-order valence-corrected chi connectivity index (χ4v) is 4.17. The SMILES string of the molecule is CCN1CCOC(CNS(=O)(=O)CC2CCCCN2)C1. The van der Waals surface area contributed by atoms with Crippen molar-refractivity contribution in [2.24, 2.45) is 0 Å². The summed E-state index contributed by atoms with van der Waals surface area (Å²) >= 11 is 0. The van der Waals surface area contributed by atoms with Crippen molar-refractivity contribution in [3.63, 3.8) is 0 Å². The highest BCUT2D eigenvalue weighted by Crippen LogP contribution is 2.09. The normalized spacial score (nSPS) is 29.4. The van der Waals surface area contributed by atoms with Gasteiger partial charge in [0.05, 0.1) is 18.5 Å². The lowest BCUT2D eigenvalue weighted by Gasteiger charge is -2.32. The number of likely N-dealkylation sites (N-methyl/N-ethyl adjacent to an activating group) is 1. The van der Waals surface area contributed by atoms with E-state index in [1.54, 1.807) is 0 Å². The first-order chi connectivity index (χ1) is 9.59. The van der Waals surface area contributed by atoms with Gasteiger partial charge in [-0.05, 0) is 25.9 Å². The van der Waals surface area contributed by atoms with E-state index in [9.17, 15) is 8.42 Å². The van der Waals surface area contributed by atoms with Crippen LogP contribution in [0.25, 0.3) is 0 Å². The zero-order valence-corrected chi connectivity index (χ0v) is 13.1. The molecule has 2 aliphatic rings. The van der Waals surface area contributed by atoms with Crippen LogP contribution in [-0.2, 0) is 14.8 Å². The molecular weight excluding hydrogens is 278 g/mol. The molecule has 118 valence electrons. The number of nitrogens with one attached hydrogen (secondary N) is 2. The number of ether oxygens (including phenoxy) is 1. The molecule has 0 bridgehead atoms. The Morgan fingerprint density at radius 1 is 1.40 bits per heavy atom. The molecule has 2 unspecified atom stereocenters. The Morgan fingerprint density at radius 2 is 2.25 bits per heavy atom. The van der Waals surface area contributed by atoms with Crippen molar-refractivity contribution in [3.05, 3.63) is 0 Å². The molecule has 0 aromatic heterocycles. The second-order valence-corrected chi connectivity index (χ2v) is 7.51. The largest absolute Gasteiger partial charge is 0.374 e. The van der Waals surface area contributed by atoms with Crippen molar-refractivity contribution >= 4 is 10.0 Å². The van der Waals surface area contributed by atoms with E-state index in [0.29, 0.717) is 13.2 Å². The van der Waals surface area contributed by atoms with E-state index in [1.165, 1.54) is 0 Å². The third-order valence-electron chi connectivity index (χ3n) is 4.03. The summed E-state index contributed by atoms with van der Waals surface area (Å²) in [5.74, 6) is 0.178. The summed E-state index contributed by atoms with van der Waals surface area (Å²) in [6.45, 7) is 6.83. The Labute approximate surface area is 122 Å². The minimum absolute atomic E-state index is 0.0298. The maximum Gasteiger partial charge on any atom is 0.213 e. The second kappa shape index (κ2) is 7.70. The van der Waals surface area contributed by atoms with Gasteiger partial charge in [-0.1, -0.05) is 13.3 Å². The zero-order valence-electron chi connectivity index (χ0n) is 12.3. The first kappa shape index (κ1) is 16.2. The van der Waals surface area contributed by atoms with Gasteiger partial charge in [-0.2, -0.15) is 0 Å². The summed E-state index contributed by atoms with van der Waals surface area (Å²) in [4.78, 5) is 2.28. The summed E-state index contributed by atoms with van der Waals surface area (Å²) in [5.41, 5.74) is 0. The van der Waals surface area contributed by atoms with E-state index >= 15 is 0 Å². The topological polar surface area (TPSA) is 70.7 Å². The van der Waals surface area contributed by atoms with E-state index in [1.807, 2.05) is 0 Å². The van der Waals surface area contributed by atoms with Crippen LogP contribution in [0.1, 0.15) is 26.2 Å². The van der Waals surface area contributed by atoms with Crippen molar-refractivity contribution in [1.29, 1.82) is 0 Å². The van der Waals surface area contributed by atoms with Gasteiger partial charge in [0.25, 0.3) is 0 Å². The number of hydrogen-bond donors (Lipinski definition) is 2. The minimum Gasteiger partial charge on any atom is -0.374 e. The van der Waals surface area contributed by atoms with E-state index in [0.717, 1.165) is 45.4 Å². The quantitative estimate of drug-likeness (QED) is 0.709. The highest BCUT2D eigenvalue weighted by Gasteiger charge is 2.24. The van der Waals surface area contributed by atoms with Gasteiger partial charge in [0, 0.05) is 25.7 Å². The van der Waals surface area contributed by atoms with Gasteiger partial charge < -0.3 is 10.1 Å². The van der Waals surface area contributed by atoms with Gasteiger partial charge >= 0.3 is 0 Å². The van der Waals surface area contributed by atoms with Gasteiger partial charge in [0.15, 0.2) is 0 Å². The Balaban J connectivity index is 1.73. The molecule has 0 aromatic rings. The third kappa shape index (κ3) is 5.29. The van der Waals surface area contributed by atoms with Crippen LogP contribution in [0, 0.1) is 0 Å². The Kier molecular flexibility index (Phi) is 6.22. The van der Waals surface area contributed by atoms with Crippen LogP contribution < -0.4 is 10.0 Å². The van der Waals surface area contributed by atoms with E-state index in [-0.39, 0.29) is 17.9 Å². The average Bonchev–Trinajstić information content (AvgIpc) is 2.46. The van der Waals surface area contributed by atoms with Gasteiger partial charge in [-0.25, -0.2) is 13.1 Å². The van der Waals surface area contributed by atoms with Crippen LogP contribution in [0.4, 0.5) is 0 Å². The lowest BCUT2D eigenvalue weighted by Crippen LogP contribution is -2.49. The third-order valence-corrected chi connectivity index (χ3v) is 5.48. The monoisotopic (exact) mass is 305 g/mol. The molecule has 2 aliphatic heterocycles. The molecule has 7 heteroatoms. The molecule has 0 saturated carbocycles. The maximum atomic E-state index is 12.1. The number of hydrogen-bond acceptors (Lipinski definition) is 5. The zero-order chi connectivity index (χ0) is 14.4. The number of piperidine rings is 1. The van der Waals surface area contributed by atoms with Crippen LogP contribution in [0.5, 0.6) is 0 Å². The predicted octanol–water partition coefficient (Wildman–Crippen LogP) is -0.231. The molecule has 2 rings (SSSR count). The van der Waals surface area contributed by atoms with Crippen molar-refractivity contribution in [3.8, 4) is 0 Å². The molecule has 0 aromatic carbocycles. The van der Waals surface area contributed by atoms with Crippen molar-refractivity contribution in [2.75, 3.05) is 45.1 Å². The molecule has 0 spiro atoms. The summed E-state index contributed by atoms with van der Waals surface area (Å²) in [6, 6.07) is 0.0978. The van der Waals surface area contributed by atoms with Crippen LogP contribution in [-0.4, -0.2) is 70.5 Å². The molecule has 0 radical (unpaired) electrons. The lowest BCUT2D eigenvalue weighted by molar-refractivity contribution is -0.0229. The highest BCUT2D eigenvalue weighted by molar-refractivity contribution is 7.89. The Bertz CT molecular complexity index is 382. The standard InChI is InChI=1S/C13H27N3O3S/c1-2-16-7-8-19-13(10-16)9-15-20(17,18)11-12-5-3-4-6-14-12/h12-15H,2-11H2,1H3. The van der Waals surface area contributed by atoms with E-state index in [2.05, 4.69) is 21.9 Å². The number of rotatable bonds is 6. The fraction of sp³-hybridized carbons (Fsp3) is 1.00. The summed E-state index contributed by atoms with van der Waals surface area (Å²) in [6.07, 6.45) is 3.18. The molecule has 0 aliphatic carbocycles. The summed E-state index contributed by atoms with van der Waals surface area (Å²) < 4.78 is 32.5. The number of sulfonamides is 1. The predicted molar refractivity (Wildman–Crippen MR) is 79.3 cm³/mol. The molecule has 2 saturated heterocycles. The first-order valence-corrected chi connectivity index (χ1v) is 9.29. The lowest BCUT2D eigenvalue weighted by atomic mass is 10.1. The molecule has 20 heavy (non-hydrogen) atoms. The first-order valence-electron chi connectivity index (χ1n) is 7.64. The van der Waals surface area contributed by atoms with Crippen LogP contribution >= 0.6 is 0 Å². The highest BCUT2D eigenvalue weighted by atomic mass is 32.2. The van der Waals surface area contributed by atoms with Crippen molar-refractivity contribution < 1.29 is 13.2 Å². The van der Waals surface area contributed by atoms with Gasteiger partial charge in [0.2, 0.25) is 10.0 Å². The fourth-order valence-electron chi connectivity index (χ4n) is 2.80. The molecule has 6 nitrogen and oxygen atoms in total. The van der Waals surface area contributed by atoms with Crippen LogP contribution in [0.3, 0.4) is 0 Å². The van der Waals surface area contributed by atoms with E-state index in [4.69, 9.17) is 4.74 Å². The van der Waals surface area contributed by atoms with Crippen molar-refractivity contribution in [2.45, 2.75) is 38.3 Å². The molecule has 2 N–H and O–H groups in total. The Morgan fingerprint density at radius 3 is 2.95 bits per heavy atom. The molecular formula is C13H27N3O3S. The maximum absolute atomic E-state index is 12.1. The average molecular weight is 305 g/mol. The van der Waals surface area contributed by atoms with Gasteiger partial charge in [0.1, 0.15) is 0 Å². The van der Waals surface area contributed by atoms with Gasteiger partial charge in [-0.3, -0.25) is 4.90 Å². The molecule has 0 amide bonds. The smallest absolute Gasteiger partial charge is 0.213 e. The van der Waals surface area contributed by atoms with Crippen LogP contribution in [0.2, 0.25) is 0 Å². The Hall–Kier alpha value is -0.210. The minimum atomic E-state index is -3.22. The molecule has 2 atom stereocenters. The number of morpholine rings is 1.